The maximum Gasteiger partial charge on any atom is 0.266 e. The fourth-order valence-electron chi connectivity index (χ4n) is 3.39. The van der Waals surface area contributed by atoms with Crippen molar-refractivity contribution in [1.29, 1.82) is 0 Å². The first-order valence-corrected chi connectivity index (χ1v) is 10.1. The number of methoxy groups -OCH3 is 2. The Balaban J connectivity index is 1.46. The summed E-state index contributed by atoms with van der Waals surface area (Å²) in [5.41, 5.74) is 2.08. The predicted molar refractivity (Wildman–Crippen MR) is 116 cm³/mol. The molecule has 0 bridgehead atoms. The smallest absolute Gasteiger partial charge is 0.266 e. The number of hydrogen-bond donors (Lipinski definition) is 0. The van der Waals surface area contributed by atoms with Gasteiger partial charge in [-0.15, -0.1) is 0 Å². The molecule has 1 saturated heterocycles. The number of carbonyl (C=O) groups is 1. The highest BCUT2D eigenvalue weighted by Gasteiger charge is 2.26. The van der Waals surface area contributed by atoms with Gasteiger partial charge in [0.1, 0.15) is 0 Å². The maximum absolute atomic E-state index is 12.7. The van der Waals surface area contributed by atoms with E-state index in [1.165, 1.54) is 5.56 Å². The molecule has 30 heavy (non-hydrogen) atoms. The predicted octanol–water partition coefficient (Wildman–Crippen LogP) is 2.79. The zero-order valence-corrected chi connectivity index (χ0v) is 17.8. The number of nitrogens with zero attached hydrogens (tertiary/aromatic N) is 3. The summed E-state index contributed by atoms with van der Waals surface area (Å²) in [7, 11) is 3.17. The van der Waals surface area contributed by atoms with Crippen LogP contribution in [0.5, 0.6) is 11.5 Å². The van der Waals surface area contributed by atoms with Crippen LogP contribution in [0, 0.1) is 0 Å². The van der Waals surface area contributed by atoms with E-state index in [1.54, 1.807) is 39.5 Å². The zero-order valence-electron chi connectivity index (χ0n) is 17.8. The monoisotopic (exact) mass is 411 g/mol. The quantitative estimate of drug-likeness (QED) is 0.494. The van der Waals surface area contributed by atoms with Crippen molar-refractivity contribution in [3.8, 4) is 11.5 Å². The highest BCUT2D eigenvalue weighted by molar-refractivity contribution is 5.82. The minimum absolute atomic E-state index is 0.0428. The van der Waals surface area contributed by atoms with Crippen LogP contribution < -0.4 is 9.47 Å². The number of hydrogen-bond acceptors (Lipinski definition) is 6. The molecule has 0 aromatic heterocycles. The molecule has 1 fully saturated rings. The second-order valence-corrected chi connectivity index (χ2v) is 7.18. The molecule has 1 aliphatic heterocycles. The second kappa shape index (κ2) is 10.6. The van der Waals surface area contributed by atoms with Crippen molar-refractivity contribution in [2.75, 3.05) is 40.4 Å². The molecule has 0 spiro atoms. The van der Waals surface area contributed by atoms with Gasteiger partial charge in [0, 0.05) is 38.3 Å². The summed E-state index contributed by atoms with van der Waals surface area (Å²) in [5, 5.41) is 3.98. The van der Waals surface area contributed by atoms with Crippen LogP contribution in [0.4, 0.5) is 0 Å². The number of rotatable bonds is 8. The molecule has 2 aromatic rings. The first-order chi connectivity index (χ1) is 14.6. The summed E-state index contributed by atoms with van der Waals surface area (Å²) in [5.74, 6) is 1.21. The van der Waals surface area contributed by atoms with Crippen LogP contribution in [0.3, 0.4) is 0 Å². The Morgan fingerprint density at radius 1 is 1.03 bits per heavy atom. The van der Waals surface area contributed by atoms with E-state index >= 15 is 0 Å². The molecule has 0 saturated carbocycles. The highest BCUT2D eigenvalue weighted by Crippen LogP contribution is 2.26. The first-order valence-electron chi connectivity index (χ1n) is 10.1. The van der Waals surface area contributed by atoms with Gasteiger partial charge in [0.25, 0.3) is 5.91 Å². The van der Waals surface area contributed by atoms with Gasteiger partial charge in [-0.2, -0.15) is 0 Å². The second-order valence-electron chi connectivity index (χ2n) is 7.18. The molecule has 1 aliphatic rings. The van der Waals surface area contributed by atoms with Gasteiger partial charge in [-0.1, -0.05) is 35.5 Å². The van der Waals surface area contributed by atoms with Gasteiger partial charge in [0.2, 0.25) is 6.10 Å². The van der Waals surface area contributed by atoms with Gasteiger partial charge >= 0.3 is 0 Å². The Bertz CT molecular complexity index is 849. The Morgan fingerprint density at radius 2 is 1.73 bits per heavy atom. The normalized spacial score (nSPS) is 15.8. The van der Waals surface area contributed by atoms with E-state index in [1.807, 2.05) is 17.0 Å². The van der Waals surface area contributed by atoms with Crippen LogP contribution in [-0.4, -0.2) is 68.4 Å². The molecule has 7 heteroatoms. The van der Waals surface area contributed by atoms with E-state index in [2.05, 4.69) is 34.3 Å². The molecule has 2 aromatic carbocycles. The van der Waals surface area contributed by atoms with E-state index in [-0.39, 0.29) is 5.91 Å². The number of ether oxygens (including phenoxy) is 2. The average molecular weight is 412 g/mol. The summed E-state index contributed by atoms with van der Waals surface area (Å²) in [6.07, 6.45) is 0.922. The summed E-state index contributed by atoms with van der Waals surface area (Å²) in [4.78, 5) is 22.3. The van der Waals surface area contributed by atoms with E-state index in [4.69, 9.17) is 14.3 Å². The number of piperazine rings is 1. The molecule has 0 radical (unpaired) electrons. The minimum Gasteiger partial charge on any atom is -0.493 e. The van der Waals surface area contributed by atoms with E-state index < -0.39 is 6.10 Å². The lowest BCUT2D eigenvalue weighted by molar-refractivity contribution is -0.144. The molecule has 1 heterocycles. The molecule has 0 unspecified atom stereocenters. The third-order valence-corrected chi connectivity index (χ3v) is 5.11. The number of carbonyl (C=O) groups excluding carboxylic acids is 1. The molecular formula is C23H29N3O4. The standard InChI is InChI=1S/C23H29N3O4/c1-18(30-24-16-20-9-10-21(28-2)22(15-20)29-3)23(27)26-13-11-25(12-14-26)17-19-7-5-4-6-8-19/h4-10,15-16,18H,11-14,17H2,1-3H3/b24-16-/t18-/m1/s1. The van der Waals surface area contributed by atoms with Crippen molar-refractivity contribution >= 4 is 12.1 Å². The fraction of sp³-hybridized carbons (Fsp3) is 0.391. The molecule has 0 aliphatic carbocycles. The van der Waals surface area contributed by atoms with E-state index in [9.17, 15) is 4.79 Å². The lowest BCUT2D eigenvalue weighted by atomic mass is 10.2. The molecule has 3 rings (SSSR count). The van der Waals surface area contributed by atoms with Gasteiger partial charge in [0.15, 0.2) is 11.5 Å². The maximum atomic E-state index is 12.7. The van der Waals surface area contributed by atoms with Crippen LogP contribution in [-0.2, 0) is 16.2 Å². The Hall–Kier alpha value is -3.06. The van der Waals surface area contributed by atoms with E-state index in [0.29, 0.717) is 24.6 Å². The molecule has 160 valence electrons. The average Bonchev–Trinajstić information content (AvgIpc) is 2.79. The summed E-state index contributed by atoms with van der Waals surface area (Å²) in [6.45, 7) is 5.72. The largest absolute Gasteiger partial charge is 0.493 e. The summed E-state index contributed by atoms with van der Waals surface area (Å²) in [6, 6.07) is 15.8. The Labute approximate surface area is 177 Å². The minimum atomic E-state index is -0.637. The van der Waals surface area contributed by atoms with E-state index in [0.717, 1.165) is 25.2 Å². The first kappa shape index (κ1) is 21.6. The van der Waals surface area contributed by atoms with Crippen LogP contribution in [0.15, 0.2) is 53.7 Å². The molecule has 7 nitrogen and oxygen atoms in total. The number of benzene rings is 2. The molecule has 0 N–H and O–H groups in total. The van der Waals surface area contributed by atoms with Crippen molar-refractivity contribution in [2.45, 2.75) is 19.6 Å². The van der Waals surface area contributed by atoms with Gasteiger partial charge in [0.05, 0.1) is 20.4 Å². The number of oxime groups is 1. The van der Waals surface area contributed by atoms with Crippen LogP contribution >= 0.6 is 0 Å². The van der Waals surface area contributed by atoms with Crippen LogP contribution in [0.1, 0.15) is 18.1 Å². The van der Waals surface area contributed by atoms with Crippen LogP contribution in [0.25, 0.3) is 0 Å². The summed E-state index contributed by atoms with van der Waals surface area (Å²) >= 11 is 0. The van der Waals surface area contributed by atoms with Gasteiger partial charge in [-0.05, 0) is 30.7 Å². The van der Waals surface area contributed by atoms with Gasteiger partial charge in [-0.25, -0.2) is 0 Å². The molecule has 1 atom stereocenters. The van der Waals surface area contributed by atoms with Gasteiger partial charge < -0.3 is 19.2 Å². The van der Waals surface area contributed by atoms with Gasteiger partial charge in [-0.3, -0.25) is 9.69 Å². The van der Waals surface area contributed by atoms with Crippen molar-refractivity contribution in [3.05, 3.63) is 59.7 Å². The van der Waals surface area contributed by atoms with Crippen molar-refractivity contribution in [1.82, 2.24) is 9.80 Å². The SMILES string of the molecule is COc1ccc(/C=N\O[C@H](C)C(=O)N2CCN(Cc3ccccc3)CC2)cc1OC. The lowest BCUT2D eigenvalue weighted by Gasteiger charge is -2.35. The van der Waals surface area contributed by atoms with Crippen molar-refractivity contribution in [2.24, 2.45) is 5.16 Å². The lowest BCUT2D eigenvalue weighted by Crippen LogP contribution is -2.50. The van der Waals surface area contributed by atoms with Crippen LogP contribution in [0.2, 0.25) is 0 Å². The third kappa shape index (κ3) is 5.73. The number of amides is 1. The van der Waals surface area contributed by atoms with Crippen molar-refractivity contribution < 1.29 is 19.1 Å². The highest BCUT2D eigenvalue weighted by atomic mass is 16.6. The summed E-state index contributed by atoms with van der Waals surface area (Å²) < 4.78 is 10.5. The fourth-order valence-corrected chi connectivity index (χ4v) is 3.39. The molecule has 1 amide bonds. The molecular weight excluding hydrogens is 382 g/mol. The topological polar surface area (TPSA) is 63.6 Å². The third-order valence-electron chi connectivity index (χ3n) is 5.11. The zero-order chi connectivity index (χ0) is 21.3. The van der Waals surface area contributed by atoms with Crippen molar-refractivity contribution in [3.63, 3.8) is 0 Å². The Kier molecular flexibility index (Phi) is 7.68. The Morgan fingerprint density at radius 3 is 2.40 bits per heavy atom.